The van der Waals surface area contributed by atoms with Gasteiger partial charge in [-0.3, -0.25) is 9.59 Å². The van der Waals surface area contributed by atoms with Gasteiger partial charge >= 0.3 is 0 Å². The van der Waals surface area contributed by atoms with E-state index in [1.54, 1.807) is 0 Å². The Bertz CT molecular complexity index is 978. The number of nitrogens with one attached hydrogen (secondary N) is 1. The molecule has 0 saturated heterocycles. The maximum atomic E-state index is 12.4. The molecule has 6 nitrogen and oxygen atoms in total. The van der Waals surface area contributed by atoms with Crippen molar-refractivity contribution in [2.24, 2.45) is 0 Å². The lowest BCUT2D eigenvalue weighted by Crippen LogP contribution is -2.38. The molecule has 0 aliphatic heterocycles. The summed E-state index contributed by atoms with van der Waals surface area (Å²) in [7, 11) is -2.09. The molecule has 0 aromatic heterocycles. The molecule has 0 unspecified atom stereocenters. The summed E-state index contributed by atoms with van der Waals surface area (Å²) >= 11 is 0. The summed E-state index contributed by atoms with van der Waals surface area (Å²) in [5, 5.41) is 2.82. The Hall–Kier alpha value is -2.67. The van der Waals surface area contributed by atoms with Crippen molar-refractivity contribution in [2.75, 3.05) is 30.4 Å². The first-order valence-electron chi connectivity index (χ1n) is 9.93. The molecule has 0 saturated carbocycles. The van der Waals surface area contributed by atoms with Crippen molar-refractivity contribution in [3.05, 3.63) is 64.7 Å². The number of carbonyl (C=O) groups excluding carboxylic acids is 2. The van der Waals surface area contributed by atoms with Gasteiger partial charge in [-0.25, -0.2) is 8.42 Å². The number of aryl methyl sites for hydroxylation is 4. The number of amides is 2. The molecule has 2 aromatic carbocycles. The number of hydrogen-bond acceptors (Lipinski definition) is 4. The maximum Gasteiger partial charge on any atom is 0.243 e. The molecule has 0 aliphatic carbocycles. The van der Waals surface area contributed by atoms with Crippen LogP contribution in [0.3, 0.4) is 0 Å². The number of nitrogens with zero attached hydrogens (tertiary/aromatic N) is 1. The van der Waals surface area contributed by atoms with Gasteiger partial charge in [0.25, 0.3) is 0 Å². The van der Waals surface area contributed by atoms with E-state index in [9.17, 15) is 18.0 Å². The van der Waals surface area contributed by atoms with E-state index in [4.69, 9.17) is 0 Å². The van der Waals surface area contributed by atoms with Gasteiger partial charge in [-0.05, 0) is 50.3 Å². The van der Waals surface area contributed by atoms with Crippen LogP contribution in [0, 0.1) is 20.8 Å². The Balaban J connectivity index is 1.85. The number of anilines is 1. The summed E-state index contributed by atoms with van der Waals surface area (Å²) in [4.78, 5) is 25.8. The minimum Gasteiger partial charge on any atom is -0.336 e. The molecule has 0 spiro atoms. The SMILES string of the molecule is Cc1cc(C)c(NC(=O)CN(C)C(=O)CS(=O)(=O)CCCc2ccccc2)c(C)c1. The number of sulfone groups is 1. The van der Waals surface area contributed by atoms with Gasteiger partial charge in [-0.2, -0.15) is 0 Å². The highest BCUT2D eigenvalue weighted by Crippen LogP contribution is 2.21. The number of likely N-dealkylation sites (N-methyl/N-ethyl adjacent to an activating group) is 1. The van der Waals surface area contributed by atoms with Crippen LogP contribution in [0.25, 0.3) is 0 Å². The van der Waals surface area contributed by atoms with Gasteiger partial charge < -0.3 is 10.2 Å². The Morgan fingerprint density at radius 2 is 1.60 bits per heavy atom. The van der Waals surface area contributed by atoms with Gasteiger partial charge in [-0.1, -0.05) is 48.0 Å². The summed E-state index contributed by atoms with van der Waals surface area (Å²) in [6, 6.07) is 13.6. The fourth-order valence-electron chi connectivity index (χ4n) is 3.37. The number of hydrogen-bond donors (Lipinski definition) is 1. The van der Waals surface area contributed by atoms with Crippen molar-refractivity contribution in [1.82, 2.24) is 4.90 Å². The van der Waals surface area contributed by atoms with Gasteiger partial charge in [0, 0.05) is 12.7 Å². The second-order valence-electron chi connectivity index (χ2n) is 7.75. The summed E-state index contributed by atoms with van der Waals surface area (Å²) in [5.74, 6) is -1.59. The molecule has 2 aromatic rings. The van der Waals surface area contributed by atoms with E-state index < -0.39 is 21.5 Å². The normalized spacial score (nSPS) is 11.2. The molecule has 2 rings (SSSR count). The van der Waals surface area contributed by atoms with Gasteiger partial charge in [0.15, 0.2) is 9.84 Å². The predicted molar refractivity (Wildman–Crippen MR) is 120 cm³/mol. The molecular weight excluding hydrogens is 400 g/mol. The predicted octanol–water partition coefficient (Wildman–Crippen LogP) is 3.06. The molecule has 1 N–H and O–H groups in total. The molecule has 0 bridgehead atoms. The third-order valence-electron chi connectivity index (χ3n) is 4.85. The molecular formula is C23H30N2O4S. The van der Waals surface area contributed by atoms with E-state index in [0.717, 1.165) is 32.8 Å². The molecule has 2 amide bonds. The van der Waals surface area contributed by atoms with Crippen LogP contribution in [0.2, 0.25) is 0 Å². The van der Waals surface area contributed by atoms with Crippen LogP contribution in [-0.4, -0.2) is 50.2 Å². The van der Waals surface area contributed by atoms with Gasteiger partial charge in [0.2, 0.25) is 11.8 Å². The highest BCUT2D eigenvalue weighted by Gasteiger charge is 2.21. The van der Waals surface area contributed by atoms with E-state index >= 15 is 0 Å². The smallest absolute Gasteiger partial charge is 0.243 e. The second-order valence-corrected chi connectivity index (χ2v) is 9.94. The van der Waals surface area contributed by atoms with E-state index in [1.165, 1.54) is 7.05 Å². The van der Waals surface area contributed by atoms with Crippen molar-refractivity contribution in [3.63, 3.8) is 0 Å². The highest BCUT2D eigenvalue weighted by atomic mass is 32.2. The lowest BCUT2D eigenvalue weighted by atomic mass is 10.1. The molecule has 0 aliphatic rings. The zero-order valence-electron chi connectivity index (χ0n) is 18.1. The van der Waals surface area contributed by atoms with E-state index in [1.807, 2.05) is 63.2 Å². The average Bonchev–Trinajstić information content (AvgIpc) is 2.65. The van der Waals surface area contributed by atoms with Crippen LogP contribution in [0.5, 0.6) is 0 Å². The van der Waals surface area contributed by atoms with E-state index in [2.05, 4.69) is 5.32 Å². The molecule has 0 atom stereocenters. The zero-order valence-corrected chi connectivity index (χ0v) is 18.9. The molecule has 0 heterocycles. The lowest BCUT2D eigenvalue weighted by Gasteiger charge is -2.18. The van der Waals surface area contributed by atoms with Crippen molar-refractivity contribution < 1.29 is 18.0 Å². The highest BCUT2D eigenvalue weighted by molar-refractivity contribution is 7.92. The fraction of sp³-hybridized carbons (Fsp3) is 0.391. The second kappa shape index (κ2) is 10.4. The van der Waals surface area contributed by atoms with E-state index in [0.29, 0.717) is 12.8 Å². The molecule has 0 radical (unpaired) electrons. The van der Waals surface area contributed by atoms with Crippen molar-refractivity contribution in [2.45, 2.75) is 33.6 Å². The molecule has 0 fully saturated rings. The fourth-order valence-corrected chi connectivity index (χ4v) is 4.70. The van der Waals surface area contributed by atoms with Gasteiger partial charge in [-0.15, -0.1) is 0 Å². The lowest BCUT2D eigenvalue weighted by molar-refractivity contribution is -0.131. The molecule has 30 heavy (non-hydrogen) atoms. The van der Waals surface area contributed by atoms with Crippen LogP contribution >= 0.6 is 0 Å². The monoisotopic (exact) mass is 430 g/mol. The zero-order chi connectivity index (χ0) is 22.3. The quantitative estimate of drug-likeness (QED) is 0.663. The number of rotatable bonds is 9. The summed E-state index contributed by atoms with van der Waals surface area (Å²) < 4.78 is 24.6. The third-order valence-corrected chi connectivity index (χ3v) is 6.45. The van der Waals surface area contributed by atoms with Crippen molar-refractivity contribution >= 4 is 27.3 Å². The molecule has 162 valence electrons. The topological polar surface area (TPSA) is 83.6 Å². The van der Waals surface area contributed by atoms with Crippen LogP contribution in [0.1, 0.15) is 28.7 Å². The van der Waals surface area contributed by atoms with Crippen LogP contribution in [0.15, 0.2) is 42.5 Å². The minimum atomic E-state index is -3.53. The Labute approximate surface area is 179 Å². The van der Waals surface area contributed by atoms with Crippen molar-refractivity contribution in [3.8, 4) is 0 Å². The first-order valence-corrected chi connectivity index (χ1v) is 11.8. The van der Waals surface area contributed by atoms with Crippen LogP contribution < -0.4 is 5.32 Å². The minimum absolute atomic E-state index is 0.0601. The van der Waals surface area contributed by atoms with E-state index in [-0.39, 0.29) is 18.2 Å². The first kappa shape index (κ1) is 23.6. The van der Waals surface area contributed by atoms with Crippen molar-refractivity contribution in [1.29, 1.82) is 0 Å². The van der Waals surface area contributed by atoms with Gasteiger partial charge in [0.05, 0.1) is 12.3 Å². The van der Waals surface area contributed by atoms with Crippen LogP contribution in [-0.2, 0) is 25.8 Å². The average molecular weight is 431 g/mol. The Kier molecular flexibility index (Phi) is 8.17. The Morgan fingerprint density at radius 3 is 2.20 bits per heavy atom. The maximum absolute atomic E-state index is 12.4. The summed E-state index contributed by atoms with van der Waals surface area (Å²) in [5.41, 5.74) is 4.77. The Morgan fingerprint density at radius 1 is 1.00 bits per heavy atom. The van der Waals surface area contributed by atoms with Crippen LogP contribution in [0.4, 0.5) is 5.69 Å². The summed E-state index contributed by atoms with van der Waals surface area (Å²) in [6.07, 6.45) is 1.09. The number of benzene rings is 2. The third kappa shape index (κ3) is 7.30. The standard InChI is InChI=1S/C23H30N2O4S/c1-17-13-18(2)23(19(3)14-17)24-21(26)15-25(4)22(27)16-30(28,29)12-8-11-20-9-6-5-7-10-20/h5-7,9-10,13-14H,8,11-12,15-16H2,1-4H3,(H,24,26). The first-order chi connectivity index (χ1) is 14.1. The van der Waals surface area contributed by atoms with Gasteiger partial charge in [0.1, 0.15) is 5.75 Å². The molecule has 7 heteroatoms. The summed E-state index contributed by atoms with van der Waals surface area (Å²) in [6.45, 7) is 5.60. The largest absolute Gasteiger partial charge is 0.336 e. The number of carbonyl (C=O) groups is 2.